The zero-order chi connectivity index (χ0) is 16.1. The Labute approximate surface area is 147 Å². The number of furan rings is 1. The minimum atomic E-state index is -0.412. The fourth-order valence-electron chi connectivity index (χ4n) is 1.47. The first-order valence-electron chi connectivity index (χ1n) is 5.94. The standard InChI is InChI=1S/C14H9Cl3N2O2S/c15-9-6-11(17)12(7-10(9)16)18-14(22)19-13(20)4-3-8-2-1-5-21-8/h1-7H,(H2,18,19,20,22). The van der Waals surface area contributed by atoms with E-state index in [2.05, 4.69) is 10.6 Å². The molecule has 1 amide bonds. The van der Waals surface area contributed by atoms with Gasteiger partial charge in [0.25, 0.3) is 0 Å². The lowest BCUT2D eigenvalue weighted by Crippen LogP contribution is -2.32. The van der Waals surface area contributed by atoms with Crippen molar-refractivity contribution in [1.82, 2.24) is 5.32 Å². The van der Waals surface area contributed by atoms with Crippen molar-refractivity contribution in [2.75, 3.05) is 5.32 Å². The predicted molar refractivity (Wildman–Crippen MR) is 93.6 cm³/mol. The molecule has 1 aromatic heterocycles. The lowest BCUT2D eigenvalue weighted by atomic mass is 10.3. The van der Waals surface area contributed by atoms with Gasteiger partial charge in [-0.15, -0.1) is 0 Å². The monoisotopic (exact) mass is 374 g/mol. The van der Waals surface area contributed by atoms with E-state index in [4.69, 9.17) is 51.4 Å². The topological polar surface area (TPSA) is 54.3 Å². The molecule has 0 aliphatic heterocycles. The molecule has 1 aromatic carbocycles. The van der Waals surface area contributed by atoms with Gasteiger partial charge in [-0.3, -0.25) is 10.1 Å². The zero-order valence-electron chi connectivity index (χ0n) is 10.9. The maximum atomic E-state index is 11.7. The number of nitrogens with one attached hydrogen (secondary N) is 2. The lowest BCUT2D eigenvalue weighted by Gasteiger charge is -2.10. The van der Waals surface area contributed by atoms with Gasteiger partial charge < -0.3 is 9.73 Å². The number of halogens is 3. The van der Waals surface area contributed by atoms with E-state index in [1.807, 2.05) is 0 Å². The average Bonchev–Trinajstić information content (AvgIpc) is 2.95. The van der Waals surface area contributed by atoms with Crippen molar-refractivity contribution in [3.05, 3.63) is 57.4 Å². The highest BCUT2D eigenvalue weighted by atomic mass is 35.5. The summed E-state index contributed by atoms with van der Waals surface area (Å²) >= 11 is 22.8. The van der Waals surface area contributed by atoms with Crippen molar-refractivity contribution >= 4 is 69.8 Å². The van der Waals surface area contributed by atoms with Crippen LogP contribution in [0.4, 0.5) is 5.69 Å². The fraction of sp³-hybridized carbons (Fsp3) is 0. The van der Waals surface area contributed by atoms with Crippen LogP contribution in [0.1, 0.15) is 5.76 Å². The summed E-state index contributed by atoms with van der Waals surface area (Å²) in [4.78, 5) is 11.7. The molecule has 2 aromatic rings. The van der Waals surface area contributed by atoms with Crippen LogP contribution in [0.5, 0.6) is 0 Å². The quantitative estimate of drug-likeness (QED) is 0.461. The molecule has 0 saturated carbocycles. The molecule has 0 radical (unpaired) electrons. The Bertz CT molecular complexity index is 730. The van der Waals surface area contributed by atoms with Crippen LogP contribution in [0.15, 0.2) is 41.0 Å². The van der Waals surface area contributed by atoms with Crippen molar-refractivity contribution in [2.45, 2.75) is 0 Å². The van der Waals surface area contributed by atoms with E-state index in [9.17, 15) is 4.79 Å². The smallest absolute Gasteiger partial charge is 0.250 e. The summed E-state index contributed by atoms with van der Waals surface area (Å²) in [6.45, 7) is 0. The molecular formula is C14H9Cl3N2O2S. The van der Waals surface area contributed by atoms with Gasteiger partial charge >= 0.3 is 0 Å². The zero-order valence-corrected chi connectivity index (χ0v) is 14.0. The molecule has 2 N–H and O–H groups in total. The van der Waals surface area contributed by atoms with Gasteiger partial charge in [0.15, 0.2) is 5.11 Å². The second-order valence-electron chi connectivity index (χ2n) is 4.04. The maximum Gasteiger partial charge on any atom is 0.250 e. The third-order valence-corrected chi connectivity index (χ3v) is 3.68. The third-order valence-electron chi connectivity index (χ3n) is 2.44. The summed E-state index contributed by atoms with van der Waals surface area (Å²) in [5, 5.41) is 6.30. The van der Waals surface area contributed by atoms with Crippen LogP contribution < -0.4 is 10.6 Å². The molecule has 2 rings (SSSR count). The molecule has 0 saturated heterocycles. The van der Waals surface area contributed by atoms with E-state index in [1.54, 1.807) is 12.1 Å². The largest absolute Gasteiger partial charge is 0.465 e. The molecule has 0 bridgehead atoms. The number of thiocarbonyl (C=S) groups is 1. The van der Waals surface area contributed by atoms with Crippen LogP contribution in [0.25, 0.3) is 6.08 Å². The van der Waals surface area contributed by atoms with E-state index in [0.29, 0.717) is 26.5 Å². The molecule has 114 valence electrons. The summed E-state index contributed by atoms with van der Waals surface area (Å²) in [6, 6.07) is 6.43. The number of amides is 1. The summed E-state index contributed by atoms with van der Waals surface area (Å²) in [5.41, 5.74) is 0.441. The number of rotatable bonds is 3. The van der Waals surface area contributed by atoms with E-state index >= 15 is 0 Å². The molecule has 0 aliphatic carbocycles. The number of benzene rings is 1. The molecule has 0 fully saturated rings. The van der Waals surface area contributed by atoms with Crippen molar-refractivity contribution < 1.29 is 9.21 Å². The van der Waals surface area contributed by atoms with E-state index < -0.39 is 5.91 Å². The highest BCUT2D eigenvalue weighted by molar-refractivity contribution is 7.80. The van der Waals surface area contributed by atoms with Gasteiger partial charge in [-0.2, -0.15) is 0 Å². The molecule has 1 heterocycles. The molecule has 0 atom stereocenters. The van der Waals surface area contributed by atoms with Gasteiger partial charge in [-0.1, -0.05) is 34.8 Å². The van der Waals surface area contributed by atoms with Crippen LogP contribution in [0.2, 0.25) is 15.1 Å². The first-order chi connectivity index (χ1) is 10.5. The Balaban J connectivity index is 1.95. The van der Waals surface area contributed by atoms with Gasteiger partial charge in [0.05, 0.1) is 27.0 Å². The summed E-state index contributed by atoms with van der Waals surface area (Å²) in [5.74, 6) is 0.145. The first-order valence-corrected chi connectivity index (χ1v) is 7.48. The van der Waals surface area contributed by atoms with Gasteiger partial charge in [0.2, 0.25) is 5.91 Å². The Kier molecular flexibility index (Phi) is 5.85. The molecule has 0 unspecified atom stereocenters. The molecule has 22 heavy (non-hydrogen) atoms. The molecule has 0 spiro atoms. The third kappa shape index (κ3) is 4.74. The number of anilines is 1. The molecule has 0 aliphatic rings. The summed E-state index contributed by atoms with van der Waals surface area (Å²) in [7, 11) is 0. The number of hydrogen-bond donors (Lipinski definition) is 2. The Morgan fingerprint density at radius 3 is 2.59 bits per heavy atom. The second kappa shape index (κ2) is 7.65. The second-order valence-corrected chi connectivity index (χ2v) is 5.67. The maximum absolute atomic E-state index is 11.7. The number of carbonyl (C=O) groups excluding carboxylic acids is 1. The van der Waals surface area contributed by atoms with Crippen LogP contribution in [-0.4, -0.2) is 11.0 Å². The minimum absolute atomic E-state index is 0.0781. The van der Waals surface area contributed by atoms with Gasteiger partial charge in [-0.05, 0) is 42.6 Å². The van der Waals surface area contributed by atoms with E-state index in [1.165, 1.54) is 30.5 Å². The van der Waals surface area contributed by atoms with Crippen LogP contribution in [0, 0.1) is 0 Å². The van der Waals surface area contributed by atoms with Crippen molar-refractivity contribution in [1.29, 1.82) is 0 Å². The van der Waals surface area contributed by atoms with Crippen LogP contribution in [0.3, 0.4) is 0 Å². The number of hydrogen-bond acceptors (Lipinski definition) is 3. The van der Waals surface area contributed by atoms with Crippen molar-refractivity contribution in [3.63, 3.8) is 0 Å². The van der Waals surface area contributed by atoms with Gasteiger partial charge in [0, 0.05) is 6.08 Å². The Morgan fingerprint density at radius 1 is 1.18 bits per heavy atom. The average molecular weight is 376 g/mol. The fourth-order valence-corrected chi connectivity index (χ4v) is 2.27. The van der Waals surface area contributed by atoms with Gasteiger partial charge in [0.1, 0.15) is 5.76 Å². The van der Waals surface area contributed by atoms with Crippen molar-refractivity contribution in [2.24, 2.45) is 0 Å². The highest BCUT2D eigenvalue weighted by Gasteiger charge is 2.08. The molecule has 8 heteroatoms. The Hall–Kier alpha value is -1.53. The lowest BCUT2D eigenvalue weighted by molar-refractivity contribution is -0.115. The number of carbonyl (C=O) groups is 1. The molecular weight excluding hydrogens is 367 g/mol. The highest BCUT2D eigenvalue weighted by Crippen LogP contribution is 2.32. The minimum Gasteiger partial charge on any atom is -0.465 e. The summed E-state index contributed by atoms with van der Waals surface area (Å²) in [6.07, 6.45) is 4.32. The Morgan fingerprint density at radius 2 is 1.91 bits per heavy atom. The molecule has 4 nitrogen and oxygen atoms in total. The van der Waals surface area contributed by atoms with Crippen LogP contribution in [-0.2, 0) is 4.79 Å². The van der Waals surface area contributed by atoms with Crippen molar-refractivity contribution in [3.8, 4) is 0 Å². The van der Waals surface area contributed by atoms with Crippen LogP contribution >= 0.6 is 47.0 Å². The SMILES string of the molecule is O=C(C=Cc1ccco1)NC(=S)Nc1cc(Cl)c(Cl)cc1Cl. The predicted octanol–water partition coefficient (Wildman–Crippen LogP) is 4.77. The van der Waals surface area contributed by atoms with Gasteiger partial charge in [-0.25, -0.2) is 0 Å². The normalized spacial score (nSPS) is 10.7. The van der Waals surface area contributed by atoms with E-state index in [-0.39, 0.29) is 5.11 Å². The van der Waals surface area contributed by atoms with E-state index in [0.717, 1.165) is 0 Å². The summed E-state index contributed by atoms with van der Waals surface area (Å²) < 4.78 is 5.06. The first kappa shape index (κ1) is 16.8.